The minimum absolute atomic E-state index is 0.159. The zero-order valence-corrected chi connectivity index (χ0v) is 12.0. The van der Waals surface area contributed by atoms with E-state index in [-0.39, 0.29) is 5.82 Å². The third-order valence-electron chi connectivity index (χ3n) is 3.59. The first-order valence-corrected chi connectivity index (χ1v) is 6.54. The van der Waals surface area contributed by atoms with Gasteiger partial charge in [-0.3, -0.25) is 0 Å². The number of nitrogens with one attached hydrogen (secondary N) is 1. The minimum atomic E-state index is -0.159. The molecule has 2 heteroatoms. The predicted octanol–water partition coefficient (Wildman–Crippen LogP) is 4.67. The third kappa shape index (κ3) is 3.14. The zero-order chi connectivity index (χ0) is 14.0. The van der Waals surface area contributed by atoms with Crippen molar-refractivity contribution in [3.8, 4) is 0 Å². The first-order chi connectivity index (χ1) is 8.97. The summed E-state index contributed by atoms with van der Waals surface area (Å²) in [5.41, 5.74) is 6.81. The van der Waals surface area contributed by atoms with Gasteiger partial charge in [-0.1, -0.05) is 12.1 Å². The van der Waals surface area contributed by atoms with Gasteiger partial charge >= 0.3 is 0 Å². The van der Waals surface area contributed by atoms with Crippen LogP contribution in [-0.2, 0) is 6.54 Å². The Labute approximate surface area is 114 Å². The van der Waals surface area contributed by atoms with Crippen LogP contribution < -0.4 is 5.32 Å². The van der Waals surface area contributed by atoms with Gasteiger partial charge in [-0.2, -0.15) is 0 Å². The van der Waals surface area contributed by atoms with Crippen LogP contribution in [0.25, 0.3) is 0 Å². The van der Waals surface area contributed by atoms with Crippen molar-refractivity contribution in [2.45, 2.75) is 34.2 Å². The van der Waals surface area contributed by atoms with Crippen molar-refractivity contribution in [2.24, 2.45) is 0 Å². The summed E-state index contributed by atoms with van der Waals surface area (Å²) in [5, 5.41) is 3.35. The molecule has 0 aliphatic heterocycles. The Kier molecular flexibility index (Phi) is 3.89. The molecule has 0 unspecified atom stereocenters. The lowest BCUT2D eigenvalue weighted by molar-refractivity contribution is 0.618. The van der Waals surface area contributed by atoms with Crippen molar-refractivity contribution in [3.63, 3.8) is 0 Å². The topological polar surface area (TPSA) is 12.0 Å². The SMILES string of the molecule is Cc1cc(C)c(CNc2ccc(F)c(C)c2)cc1C. The maximum Gasteiger partial charge on any atom is 0.126 e. The largest absolute Gasteiger partial charge is 0.381 e. The van der Waals surface area contributed by atoms with Crippen LogP contribution in [0.3, 0.4) is 0 Å². The van der Waals surface area contributed by atoms with Crippen LogP contribution in [0.1, 0.15) is 27.8 Å². The molecule has 0 saturated carbocycles. The summed E-state index contributed by atoms with van der Waals surface area (Å²) in [4.78, 5) is 0. The molecule has 0 bridgehead atoms. The Morgan fingerprint density at radius 2 is 1.53 bits per heavy atom. The number of halogens is 1. The number of rotatable bonds is 3. The number of anilines is 1. The summed E-state index contributed by atoms with van der Waals surface area (Å²) in [7, 11) is 0. The summed E-state index contributed by atoms with van der Waals surface area (Å²) < 4.78 is 13.2. The molecule has 0 saturated heterocycles. The van der Waals surface area contributed by atoms with Gasteiger partial charge in [0.15, 0.2) is 0 Å². The van der Waals surface area contributed by atoms with Gasteiger partial charge in [0.25, 0.3) is 0 Å². The Balaban J connectivity index is 2.14. The second-order valence-electron chi connectivity index (χ2n) is 5.18. The molecule has 0 radical (unpaired) electrons. The number of aryl methyl sites for hydroxylation is 4. The van der Waals surface area contributed by atoms with Gasteiger partial charge in [-0.15, -0.1) is 0 Å². The summed E-state index contributed by atoms with van der Waals surface area (Å²) in [5.74, 6) is -0.159. The zero-order valence-electron chi connectivity index (χ0n) is 12.0. The fourth-order valence-electron chi connectivity index (χ4n) is 2.16. The molecule has 0 aromatic heterocycles. The average Bonchev–Trinajstić information content (AvgIpc) is 2.36. The Bertz CT molecular complexity index is 602. The van der Waals surface area contributed by atoms with Crippen molar-refractivity contribution in [3.05, 3.63) is 64.0 Å². The van der Waals surface area contributed by atoms with Crippen LogP contribution in [0.2, 0.25) is 0 Å². The molecule has 2 aromatic rings. The monoisotopic (exact) mass is 257 g/mol. The van der Waals surface area contributed by atoms with E-state index in [1.54, 1.807) is 13.0 Å². The van der Waals surface area contributed by atoms with E-state index in [4.69, 9.17) is 0 Å². The molecule has 2 rings (SSSR count). The van der Waals surface area contributed by atoms with Crippen LogP contribution >= 0.6 is 0 Å². The smallest absolute Gasteiger partial charge is 0.126 e. The van der Waals surface area contributed by atoms with Crippen LogP contribution in [-0.4, -0.2) is 0 Å². The summed E-state index contributed by atoms with van der Waals surface area (Å²) in [6.07, 6.45) is 0. The van der Waals surface area contributed by atoms with Gasteiger partial charge in [0.1, 0.15) is 5.82 Å². The lowest BCUT2D eigenvalue weighted by atomic mass is 10.0. The normalized spacial score (nSPS) is 10.6. The molecule has 0 heterocycles. The van der Waals surface area contributed by atoms with Gasteiger partial charge in [0.05, 0.1) is 0 Å². The van der Waals surface area contributed by atoms with E-state index in [0.29, 0.717) is 5.56 Å². The van der Waals surface area contributed by atoms with E-state index >= 15 is 0 Å². The fraction of sp³-hybridized carbons (Fsp3) is 0.294. The highest BCUT2D eigenvalue weighted by Crippen LogP contribution is 2.18. The van der Waals surface area contributed by atoms with Gasteiger partial charge in [0.2, 0.25) is 0 Å². The van der Waals surface area contributed by atoms with E-state index < -0.39 is 0 Å². The second kappa shape index (κ2) is 5.43. The van der Waals surface area contributed by atoms with Crippen molar-refractivity contribution in [1.29, 1.82) is 0 Å². The second-order valence-corrected chi connectivity index (χ2v) is 5.18. The minimum Gasteiger partial charge on any atom is -0.381 e. The van der Waals surface area contributed by atoms with Crippen LogP contribution in [0.4, 0.5) is 10.1 Å². The van der Waals surface area contributed by atoms with E-state index in [2.05, 4.69) is 38.2 Å². The van der Waals surface area contributed by atoms with Crippen molar-refractivity contribution in [2.75, 3.05) is 5.32 Å². The maximum atomic E-state index is 13.2. The quantitative estimate of drug-likeness (QED) is 0.842. The standard InChI is InChI=1S/C17H20FN/c1-11-7-13(3)15(8-12(11)2)10-19-16-5-6-17(18)14(4)9-16/h5-9,19H,10H2,1-4H3. The molecule has 1 N–H and O–H groups in total. The predicted molar refractivity (Wildman–Crippen MR) is 79.1 cm³/mol. The molecule has 100 valence electrons. The van der Waals surface area contributed by atoms with Gasteiger partial charge in [0, 0.05) is 12.2 Å². The molecule has 19 heavy (non-hydrogen) atoms. The highest BCUT2D eigenvalue weighted by atomic mass is 19.1. The molecule has 0 amide bonds. The van der Waals surface area contributed by atoms with Crippen LogP contribution in [0.5, 0.6) is 0 Å². The van der Waals surface area contributed by atoms with Crippen LogP contribution in [0.15, 0.2) is 30.3 Å². The van der Waals surface area contributed by atoms with Crippen molar-refractivity contribution < 1.29 is 4.39 Å². The third-order valence-corrected chi connectivity index (χ3v) is 3.59. The van der Waals surface area contributed by atoms with Gasteiger partial charge < -0.3 is 5.32 Å². The first-order valence-electron chi connectivity index (χ1n) is 6.54. The molecule has 0 spiro atoms. The molecular formula is C17H20FN. The first kappa shape index (κ1) is 13.6. The van der Waals surface area contributed by atoms with E-state index in [0.717, 1.165) is 12.2 Å². The summed E-state index contributed by atoms with van der Waals surface area (Å²) >= 11 is 0. The van der Waals surface area contributed by atoms with Gasteiger partial charge in [-0.05, 0) is 73.7 Å². The molecule has 2 aromatic carbocycles. The highest BCUT2D eigenvalue weighted by molar-refractivity contribution is 5.47. The Morgan fingerprint density at radius 1 is 0.842 bits per heavy atom. The molecule has 0 atom stereocenters. The number of benzene rings is 2. The van der Waals surface area contributed by atoms with E-state index in [1.807, 2.05) is 6.07 Å². The molecular weight excluding hydrogens is 237 g/mol. The van der Waals surface area contributed by atoms with Gasteiger partial charge in [-0.25, -0.2) is 4.39 Å². The molecule has 1 nitrogen and oxygen atoms in total. The molecule has 0 aliphatic rings. The molecule has 0 fully saturated rings. The Morgan fingerprint density at radius 3 is 2.21 bits per heavy atom. The van der Waals surface area contributed by atoms with Crippen molar-refractivity contribution in [1.82, 2.24) is 0 Å². The maximum absolute atomic E-state index is 13.2. The Hall–Kier alpha value is -1.83. The lowest BCUT2D eigenvalue weighted by Gasteiger charge is -2.12. The van der Waals surface area contributed by atoms with E-state index in [9.17, 15) is 4.39 Å². The molecule has 0 aliphatic carbocycles. The highest BCUT2D eigenvalue weighted by Gasteiger charge is 2.03. The van der Waals surface area contributed by atoms with E-state index in [1.165, 1.54) is 28.3 Å². The lowest BCUT2D eigenvalue weighted by Crippen LogP contribution is -2.03. The summed E-state index contributed by atoms with van der Waals surface area (Å²) in [6, 6.07) is 9.55. The number of hydrogen-bond acceptors (Lipinski definition) is 1. The number of hydrogen-bond donors (Lipinski definition) is 1. The van der Waals surface area contributed by atoms with Crippen molar-refractivity contribution >= 4 is 5.69 Å². The van der Waals surface area contributed by atoms with Crippen LogP contribution in [0, 0.1) is 33.5 Å². The average molecular weight is 257 g/mol. The summed E-state index contributed by atoms with van der Waals surface area (Å²) in [6.45, 7) is 8.92. The fourth-order valence-corrected chi connectivity index (χ4v) is 2.16.